The van der Waals surface area contributed by atoms with Crippen LogP contribution in [0.4, 0.5) is 4.39 Å². The number of phenols is 1. The van der Waals surface area contributed by atoms with Gasteiger partial charge in [-0.15, -0.1) is 0 Å². The Morgan fingerprint density at radius 2 is 2.20 bits per heavy atom. The maximum absolute atomic E-state index is 13.3. The summed E-state index contributed by atoms with van der Waals surface area (Å²) >= 11 is 3.03. The molecule has 0 aliphatic heterocycles. The summed E-state index contributed by atoms with van der Waals surface area (Å²) in [5.41, 5.74) is 0.185. The summed E-state index contributed by atoms with van der Waals surface area (Å²) in [4.78, 5) is 10.6. The normalized spacial score (nSPS) is 12.5. The van der Waals surface area contributed by atoms with E-state index < -0.39 is 17.7 Å². The van der Waals surface area contributed by atoms with Gasteiger partial charge in [0.2, 0.25) is 0 Å². The fourth-order valence-electron chi connectivity index (χ4n) is 1.17. The average molecular weight is 277 g/mol. The molecule has 1 aromatic carbocycles. The van der Waals surface area contributed by atoms with E-state index in [1.54, 1.807) is 0 Å². The Morgan fingerprint density at radius 3 is 2.73 bits per heavy atom. The molecule has 1 aromatic rings. The van der Waals surface area contributed by atoms with Crippen LogP contribution < -0.4 is 0 Å². The van der Waals surface area contributed by atoms with Crippen LogP contribution in [-0.4, -0.2) is 16.2 Å². The molecule has 82 valence electrons. The first-order chi connectivity index (χ1) is 6.93. The van der Waals surface area contributed by atoms with Crippen molar-refractivity contribution in [1.82, 2.24) is 0 Å². The van der Waals surface area contributed by atoms with Gasteiger partial charge in [0.15, 0.2) is 0 Å². The minimum absolute atomic E-state index is 0.0378. The number of aliphatic carboxylic acids is 1. The number of rotatable bonds is 3. The highest BCUT2D eigenvalue weighted by Crippen LogP contribution is 2.31. The maximum atomic E-state index is 13.3. The first-order valence-electron chi connectivity index (χ1n) is 4.32. The number of carboxylic acids is 1. The Kier molecular flexibility index (Phi) is 3.68. The smallest absolute Gasteiger partial charge is 0.306 e. The lowest BCUT2D eigenvalue weighted by Gasteiger charge is -2.10. The molecule has 3 nitrogen and oxygen atoms in total. The van der Waals surface area contributed by atoms with Crippen LogP contribution in [0, 0.1) is 11.7 Å². The topological polar surface area (TPSA) is 57.5 Å². The molecule has 0 aliphatic carbocycles. The van der Waals surface area contributed by atoms with E-state index in [0.29, 0.717) is 0 Å². The van der Waals surface area contributed by atoms with E-state index in [4.69, 9.17) is 5.11 Å². The Bertz CT molecular complexity index is 392. The third-order valence-electron chi connectivity index (χ3n) is 2.10. The fourth-order valence-corrected chi connectivity index (χ4v) is 1.65. The van der Waals surface area contributed by atoms with Crippen molar-refractivity contribution in [2.75, 3.05) is 0 Å². The van der Waals surface area contributed by atoms with Crippen molar-refractivity contribution in [3.8, 4) is 5.75 Å². The van der Waals surface area contributed by atoms with Crippen molar-refractivity contribution in [2.45, 2.75) is 13.3 Å². The number of halogens is 2. The quantitative estimate of drug-likeness (QED) is 0.892. The minimum Gasteiger partial charge on any atom is -0.507 e. The van der Waals surface area contributed by atoms with Gasteiger partial charge in [0.25, 0.3) is 0 Å². The lowest BCUT2D eigenvalue weighted by molar-refractivity contribution is -0.141. The molecule has 1 atom stereocenters. The maximum Gasteiger partial charge on any atom is 0.306 e. The van der Waals surface area contributed by atoms with Gasteiger partial charge in [0, 0.05) is 5.56 Å². The Balaban J connectivity index is 3.03. The van der Waals surface area contributed by atoms with Crippen LogP contribution >= 0.6 is 15.9 Å². The summed E-state index contributed by atoms with van der Waals surface area (Å²) in [5.74, 6) is -2.31. The number of hydrogen-bond acceptors (Lipinski definition) is 2. The molecular formula is C10H10BrFO3. The highest BCUT2D eigenvalue weighted by molar-refractivity contribution is 9.10. The first-order valence-corrected chi connectivity index (χ1v) is 5.11. The van der Waals surface area contributed by atoms with E-state index in [0.717, 1.165) is 6.07 Å². The third kappa shape index (κ3) is 2.68. The Morgan fingerprint density at radius 1 is 1.60 bits per heavy atom. The summed E-state index contributed by atoms with van der Waals surface area (Å²) in [6, 6.07) is 2.33. The van der Waals surface area contributed by atoms with Gasteiger partial charge in [-0.25, -0.2) is 4.39 Å². The van der Waals surface area contributed by atoms with E-state index in [1.165, 1.54) is 13.0 Å². The van der Waals surface area contributed by atoms with Gasteiger partial charge in [-0.2, -0.15) is 0 Å². The molecule has 1 unspecified atom stereocenters. The first kappa shape index (κ1) is 12.0. The highest BCUT2D eigenvalue weighted by Gasteiger charge is 2.18. The van der Waals surface area contributed by atoms with Crippen LogP contribution in [0.3, 0.4) is 0 Å². The summed E-state index contributed by atoms with van der Waals surface area (Å²) < 4.78 is 13.5. The van der Waals surface area contributed by atoms with Crippen LogP contribution in [0.2, 0.25) is 0 Å². The molecule has 0 heterocycles. The number of carboxylic acid groups (broad SMARTS) is 1. The summed E-state index contributed by atoms with van der Waals surface area (Å²) in [6.45, 7) is 1.48. The van der Waals surface area contributed by atoms with Crippen LogP contribution in [0.5, 0.6) is 5.75 Å². The van der Waals surface area contributed by atoms with Gasteiger partial charge >= 0.3 is 5.97 Å². The van der Waals surface area contributed by atoms with E-state index in [-0.39, 0.29) is 22.2 Å². The van der Waals surface area contributed by atoms with Crippen molar-refractivity contribution >= 4 is 21.9 Å². The number of hydrogen-bond donors (Lipinski definition) is 2. The van der Waals surface area contributed by atoms with Gasteiger partial charge < -0.3 is 10.2 Å². The van der Waals surface area contributed by atoms with Crippen LogP contribution in [0.1, 0.15) is 12.5 Å². The predicted molar refractivity (Wildman–Crippen MR) is 56.3 cm³/mol. The van der Waals surface area contributed by atoms with E-state index in [2.05, 4.69) is 15.9 Å². The standard InChI is InChI=1S/C10H10BrFO3/c1-5(10(14)15)4-6-7(12)2-3-8(13)9(6)11/h2-3,5,13H,4H2,1H3,(H,14,15). The van der Waals surface area contributed by atoms with Gasteiger partial charge in [-0.3, -0.25) is 4.79 Å². The molecule has 0 spiro atoms. The second kappa shape index (κ2) is 4.61. The van der Waals surface area contributed by atoms with Gasteiger partial charge in [0.1, 0.15) is 11.6 Å². The van der Waals surface area contributed by atoms with Crippen molar-refractivity contribution in [3.63, 3.8) is 0 Å². The number of carbonyl (C=O) groups is 1. The van der Waals surface area contributed by atoms with Crippen molar-refractivity contribution in [1.29, 1.82) is 0 Å². The molecule has 0 aliphatic rings. The second-order valence-corrected chi connectivity index (χ2v) is 4.10. The molecule has 0 radical (unpaired) electrons. The molecule has 1 rings (SSSR count). The summed E-state index contributed by atoms with van der Waals surface area (Å²) in [6.07, 6.45) is 0.0378. The minimum atomic E-state index is -0.996. The SMILES string of the molecule is CC(Cc1c(F)ccc(O)c1Br)C(=O)O. The lowest BCUT2D eigenvalue weighted by atomic mass is 10.0. The second-order valence-electron chi connectivity index (χ2n) is 3.30. The van der Waals surface area contributed by atoms with E-state index in [1.807, 2.05) is 0 Å². The largest absolute Gasteiger partial charge is 0.507 e. The zero-order valence-electron chi connectivity index (χ0n) is 8.00. The number of benzene rings is 1. The van der Waals surface area contributed by atoms with Crippen molar-refractivity contribution in [3.05, 3.63) is 28.0 Å². The molecule has 0 saturated heterocycles. The van der Waals surface area contributed by atoms with Crippen LogP contribution in [-0.2, 0) is 11.2 Å². The molecule has 0 amide bonds. The molecule has 5 heteroatoms. The zero-order valence-corrected chi connectivity index (χ0v) is 9.58. The van der Waals surface area contributed by atoms with Gasteiger partial charge in [0.05, 0.1) is 10.4 Å². The Hall–Kier alpha value is -1.10. The molecule has 0 saturated carbocycles. The molecule has 0 bridgehead atoms. The molecule has 0 fully saturated rings. The van der Waals surface area contributed by atoms with Crippen molar-refractivity contribution < 1.29 is 19.4 Å². The van der Waals surface area contributed by atoms with Crippen molar-refractivity contribution in [2.24, 2.45) is 5.92 Å². The summed E-state index contributed by atoms with van der Waals surface area (Å²) in [7, 11) is 0. The monoisotopic (exact) mass is 276 g/mol. The van der Waals surface area contributed by atoms with Crippen LogP contribution in [0.15, 0.2) is 16.6 Å². The van der Waals surface area contributed by atoms with Crippen LogP contribution in [0.25, 0.3) is 0 Å². The lowest BCUT2D eigenvalue weighted by Crippen LogP contribution is -2.13. The number of aromatic hydroxyl groups is 1. The zero-order chi connectivity index (χ0) is 11.6. The number of phenolic OH excluding ortho intramolecular Hbond substituents is 1. The van der Waals surface area contributed by atoms with Gasteiger partial charge in [-0.1, -0.05) is 6.92 Å². The average Bonchev–Trinajstić information content (AvgIpc) is 2.18. The fraction of sp³-hybridized carbons (Fsp3) is 0.300. The highest BCUT2D eigenvalue weighted by atomic mass is 79.9. The molecule has 15 heavy (non-hydrogen) atoms. The summed E-state index contributed by atoms with van der Waals surface area (Å²) in [5, 5.41) is 18.0. The van der Waals surface area contributed by atoms with E-state index in [9.17, 15) is 14.3 Å². The van der Waals surface area contributed by atoms with Gasteiger partial charge in [-0.05, 0) is 34.5 Å². The molecular weight excluding hydrogens is 267 g/mol. The molecule has 2 N–H and O–H groups in total. The third-order valence-corrected chi connectivity index (χ3v) is 2.98. The Labute approximate surface area is 94.7 Å². The van der Waals surface area contributed by atoms with E-state index >= 15 is 0 Å². The predicted octanol–water partition coefficient (Wildman–Crippen LogP) is 2.56. The molecule has 0 aromatic heterocycles.